The van der Waals surface area contributed by atoms with Crippen LogP contribution in [0.25, 0.3) is 0 Å². The Balaban J connectivity index is 1.81. The quantitative estimate of drug-likeness (QED) is 0.529. The van der Waals surface area contributed by atoms with Crippen molar-refractivity contribution in [2.24, 2.45) is 5.92 Å². The molecule has 180 valence electrons. The molecule has 1 unspecified atom stereocenters. The van der Waals surface area contributed by atoms with Crippen LogP contribution in [0.15, 0.2) is 39.7 Å². The summed E-state index contributed by atoms with van der Waals surface area (Å²) in [5, 5.41) is 3.11. The molecule has 33 heavy (non-hydrogen) atoms. The molecule has 1 atom stereocenters. The Kier molecular flexibility index (Phi) is 8.42. The highest BCUT2D eigenvalue weighted by molar-refractivity contribution is 9.10. The van der Waals surface area contributed by atoms with Crippen LogP contribution < -0.4 is 14.8 Å². The highest BCUT2D eigenvalue weighted by Gasteiger charge is 2.34. The average molecular weight is 539 g/mol. The number of piperidine rings is 1. The van der Waals surface area contributed by atoms with E-state index < -0.39 is 15.9 Å². The summed E-state index contributed by atoms with van der Waals surface area (Å²) in [6.45, 7) is 4.62. The van der Waals surface area contributed by atoms with E-state index in [1.54, 1.807) is 6.07 Å². The molecule has 1 fully saturated rings. The maximum Gasteiger partial charge on any atom is 0.243 e. The molecule has 2 aromatic carbocycles. The molecule has 0 radical (unpaired) electrons. The van der Waals surface area contributed by atoms with Crippen LogP contribution in [0.2, 0.25) is 0 Å². The predicted molar refractivity (Wildman–Crippen MR) is 133 cm³/mol. The zero-order valence-corrected chi connectivity index (χ0v) is 21.9. The number of carbonyl (C=O) groups excluding carboxylic acids is 1. The highest BCUT2D eigenvalue weighted by atomic mass is 79.9. The molecule has 1 aliphatic heterocycles. The van der Waals surface area contributed by atoms with Crippen LogP contribution in [0.3, 0.4) is 0 Å². The molecule has 1 amide bonds. The van der Waals surface area contributed by atoms with Crippen molar-refractivity contribution >= 4 is 37.5 Å². The molecule has 3 rings (SSSR count). The number of hydrogen-bond donors (Lipinski definition) is 1. The van der Waals surface area contributed by atoms with Gasteiger partial charge in [0.25, 0.3) is 0 Å². The van der Waals surface area contributed by atoms with Crippen molar-refractivity contribution in [2.75, 3.05) is 32.6 Å². The van der Waals surface area contributed by atoms with E-state index >= 15 is 0 Å². The molecule has 1 N–H and O–H groups in total. The number of rotatable bonds is 8. The van der Waals surface area contributed by atoms with Gasteiger partial charge in [0, 0.05) is 29.3 Å². The second-order valence-electron chi connectivity index (χ2n) is 8.01. The number of ether oxygens (including phenoxy) is 2. The van der Waals surface area contributed by atoms with Crippen molar-refractivity contribution in [3.63, 3.8) is 0 Å². The number of halogens is 1. The standard InChI is InChI=1S/C24H31BrN2O5S/c1-5-16-12-19(25)13-17(6-2)23(16)26-24(28)18-8-7-11-27(15-18)33(29,30)20-9-10-21(31-3)22(14-20)32-4/h9-10,12-14,18H,5-8,11,15H2,1-4H3,(H,26,28). The number of amides is 1. The Morgan fingerprint density at radius 1 is 1.09 bits per heavy atom. The number of methoxy groups -OCH3 is 2. The van der Waals surface area contributed by atoms with Gasteiger partial charge in [-0.15, -0.1) is 0 Å². The van der Waals surface area contributed by atoms with E-state index in [1.807, 2.05) is 12.1 Å². The van der Waals surface area contributed by atoms with Gasteiger partial charge in [0.1, 0.15) is 0 Å². The van der Waals surface area contributed by atoms with E-state index in [-0.39, 0.29) is 17.3 Å². The summed E-state index contributed by atoms with van der Waals surface area (Å²) in [5.41, 5.74) is 2.95. The third-order valence-electron chi connectivity index (χ3n) is 6.02. The van der Waals surface area contributed by atoms with Crippen LogP contribution in [0.5, 0.6) is 11.5 Å². The van der Waals surface area contributed by atoms with E-state index in [4.69, 9.17) is 9.47 Å². The summed E-state index contributed by atoms with van der Waals surface area (Å²) >= 11 is 3.54. The van der Waals surface area contributed by atoms with Crippen LogP contribution in [0, 0.1) is 5.92 Å². The van der Waals surface area contributed by atoms with Gasteiger partial charge in [-0.05, 0) is 61.1 Å². The Bertz CT molecular complexity index is 1090. The van der Waals surface area contributed by atoms with Crippen LogP contribution in [0.1, 0.15) is 37.8 Å². The smallest absolute Gasteiger partial charge is 0.243 e. The molecule has 9 heteroatoms. The molecule has 1 saturated heterocycles. The summed E-state index contributed by atoms with van der Waals surface area (Å²) < 4.78 is 39.5. The number of anilines is 1. The molecule has 1 aliphatic rings. The molecule has 0 aliphatic carbocycles. The summed E-state index contributed by atoms with van der Waals surface area (Å²) in [4.78, 5) is 13.3. The zero-order valence-electron chi connectivity index (χ0n) is 19.5. The van der Waals surface area contributed by atoms with Crippen molar-refractivity contribution in [1.82, 2.24) is 4.31 Å². The molecular formula is C24H31BrN2O5S. The molecule has 0 saturated carbocycles. The second kappa shape index (κ2) is 10.9. The summed E-state index contributed by atoms with van der Waals surface area (Å²) in [6, 6.07) is 8.57. The van der Waals surface area contributed by atoms with Gasteiger partial charge in [-0.3, -0.25) is 4.79 Å². The average Bonchev–Trinajstić information content (AvgIpc) is 2.84. The molecule has 0 spiro atoms. The highest BCUT2D eigenvalue weighted by Crippen LogP contribution is 2.33. The van der Waals surface area contributed by atoms with Crippen LogP contribution >= 0.6 is 15.9 Å². The minimum Gasteiger partial charge on any atom is -0.493 e. The van der Waals surface area contributed by atoms with Crippen LogP contribution in [-0.4, -0.2) is 45.9 Å². The molecule has 0 aromatic heterocycles. The first-order chi connectivity index (χ1) is 15.7. The number of benzene rings is 2. The van der Waals surface area contributed by atoms with Gasteiger partial charge in [-0.1, -0.05) is 29.8 Å². The second-order valence-corrected chi connectivity index (χ2v) is 10.9. The number of aryl methyl sites for hydroxylation is 2. The predicted octanol–water partition coefficient (Wildman–Crippen LogP) is 4.63. The SMILES string of the molecule is CCc1cc(Br)cc(CC)c1NC(=O)C1CCCN(S(=O)(=O)c2ccc(OC)c(OC)c2)C1. The number of carbonyl (C=O) groups is 1. The Morgan fingerprint density at radius 2 is 1.73 bits per heavy atom. The van der Waals surface area contributed by atoms with Crippen LogP contribution in [-0.2, 0) is 27.7 Å². The third-order valence-corrected chi connectivity index (χ3v) is 8.34. The van der Waals surface area contributed by atoms with Gasteiger partial charge in [0.2, 0.25) is 15.9 Å². The molecular weight excluding hydrogens is 508 g/mol. The van der Waals surface area contributed by atoms with E-state index in [0.717, 1.165) is 34.1 Å². The maximum absolute atomic E-state index is 13.3. The number of sulfonamides is 1. The van der Waals surface area contributed by atoms with E-state index in [1.165, 1.54) is 30.7 Å². The Hall–Kier alpha value is -2.10. The minimum absolute atomic E-state index is 0.121. The topological polar surface area (TPSA) is 84.9 Å². The van der Waals surface area contributed by atoms with Gasteiger partial charge in [-0.25, -0.2) is 8.42 Å². The number of nitrogens with zero attached hydrogens (tertiary/aromatic N) is 1. The fraction of sp³-hybridized carbons (Fsp3) is 0.458. The van der Waals surface area contributed by atoms with Crippen molar-refractivity contribution in [3.8, 4) is 11.5 Å². The van der Waals surface area contributed by atoms with Gasteiger partial charge in [-0.2, -0.15) is 4.31 Å². The normalized spacial score (nSPS) is 16.9. The van der Waals surface area contributed by atoms with E-state index in [9.17, 15) is 13.2 Å². The van der Waals surface area contributed by atoms with Gasteiger partial charge < -0.3 is 14.8 Å². The largest absolute Gasteiger partial charge is 0.493 e. The lowest BCUT2D eigenvalue weighted by atomic mass is 9.97. The lowest BCUT2D eigenvalue weighted by Crippen LogP contribution is -2.43. The molecule has 7 nitrogen and oxygen atoms in total. The van der Waals surface area contributed by atoms with Crippen LogP contribution in [0.4, 0.5) is 5.69 Å². The first-order valence-corrected chi connectivity index (χ1v) is 13.3. The first-order valence-electron chi connectivity index (χ1n) is 11.1. The first kappa shape index (κ1) is 25.5. The van der Waals surface area contributed by atoms with Crippen molar-refractivity contribution in [3.05, 3.63) is 45.9 Å². The van der Waals surface area contributed by atoms with E-state index in [2.05, 4.69) is 35.1 Å². The lowest BCUT2D eigenvalue weighted by molar-refractivity contribution is -0.120. The summed E-state index contributed by atoms with van der Waals surface area (Å²) in [6.07, 6.45) is 2.83. The molecule has 2 aromatic rings. The van der Waals surface area contributed by atoms with Gasteiger partial charge >= 0.3 is 0 Å². The number of hydrogen-bond acceptors (Lipinski definition) is 5. The molecule has 0 bridgehead atoms. The zero-order chi connectivity index (χ0) is 24.2. The van der Waals surface area contributed by atoms with Crippen molar-refractivity contribution in [1.29, 1.82) is 0 Å². The lowest BCUT2D eigenvalue weighted by Gasteiger charge is -2.31. The van der Waals surface area contributed by atoms with E-state index in [0.29, 0.717) is 30.9 Å². The fourth-order valence-electron chi connectivity index (χ4n) is 4.17. The van der Waals surface area contributed by atoms with Gasteiger partial charge in [0.15, 0.2) is 11.5 Å². The third kappa shape index (κ3) is 5.53. The fourth-order valence-corrected chi connectivity index (χ4v) is 6.26. The summed E-state index contributed by atoms with van der Waals surface area (Å²) in [5.74, 6) is 0.236. The van der Waals surface area contributed by atoms with Crippen molar-refractivity contribution in [2.45, 2.75) is 44.4 Å². The minimum atomic E-state index is -3.78. The maximum atomic E-state index is 13.3. The Labute approximate surface area is 204 Å². The summed E-state index contributed by atoms with van der Waals surface area (Å²) in [7, 11) is -0.814. The van der Waals surface area contributed by atoms with Crippen molar-refractivity contribution < 1.29 is 22.7 Å². The Morgan fingerprint density at radius 3 is 2.30 bits per heavy atom. The van der Waals surface area contributed by atoms with Gasteiger partial charge in [0.05, 0.1) is 25.0 Å². The number of nitrogens with one attached hydrogen (secondary N) is 1. The monoisotopic (exact) mass is 538 g/mol. The molecule has 1 heterocycles.